The van der Waals surface area contributed by atoms with Gasteiger partial charge in [-0.25, -0.2) is 0 Å². The van der Waals surface area contributed by atoms with Crippen molar-refractivity contribution in [2.45, 2.75) is 19.9 Å². The Kier molecular flexibility index (Phi) is 8.12. The van der Waals surface area contributed by atoms with E-state index in [1.807, 2.05) is 13.8 Å². The Morgan fingerprint density at radius 3 is 2.12 bits per heavy atom. The third kappa shape index (κ3) is 4.70. The summed E-state index contributed by atoms with van der Waals surface area (Å²) in [6, 6.07) is 5.73. The number of carbonyl (C=O) groups excluding carboxylic acids is 2. The van der Waals surface area contributed by atoms with Crippen molar-refractivity contribution in [2.75, 3.05) is 47.5 Å². The standard InChI is InChI=1S/C25H31N3O6/c1-6-27(7-2)12-13-28-21(17-14-18(32-3)24(34-5)19(15-17)33-4)20(23(30)25(28)31)22(29)16-8-10-26-11-9-16/h8-11,14-15,21,29H,6-7,12-13H2,1-5H3/t21-/m0/s1. The first kappa shape index (κ1) is 25.0. The smallest absolute Gasteiger partial charge is 0.295 e. The first-order valence-corrected chi connectivity index (χ1v) is 11.1. The molecule has 1 aliphatic heterocycles. The molecule has 182 valence electrons. The number of likely N-dealkylation sites (tertiary alicyclic amines) is 1. The quantitative estimate of drug-likeness (QED) is 0.322. The minimum Gasteiger partial charge on any atom is -0.507 e. The van der Waals surface area contributed by atoms with Crippen LogP contribution in [-0.4, -0.2) is 79.1 Å². The van der Waals surface area contributed by atoms with Crippen LogP contribution in [0.1, 0.15) is 31.0 Å². The van der Waals surface area contributed by atoms with E-state index in [1.54, 1.807) is 24.3 Å². The molecule has 3 rings (SSSR count). The summed E-state index contributed by atoms with van der Waals surface area (Å²) < 4.78 is 16.4. The largest absolute Gasteiger partial charge is 0.507 e. The highest BCUT2D eigenvalue weighted by Crippen LogP contribution is 2.45. The fourth-order valence-corrected chi connectivity index (χ4v) is 4.17. The van der Waals surface area contributed by atoms with Crippen molar-refractivity contribution >= 4 is 17.4 Å². The van der Waals surface area contributed by atoms with Gasteiger partial charge in [-0.1, -0.05) is 13.8 Å². The second-order valence-corrected chi connectivity index (χ2v) is 7.71. The molecule has 1 aromatic carbocycles. The van der Waals surface area contributed by atoms with Crippen molar-refractivity contribution in [3.8, 4) is 17.2 Å². The Hall–Kier alpha value is -3.59. The number of Topliss-reactive ketones (excluding diaryl/α,β-unsaturated/α-hetero) is 1. The molecule has 1 atom stereocenters. The van der Waals surface area contributed by atoms with Gasteiger partial charge in [-0.2, -0.15) is 0 Å². The van der Waals surface area contributed by atoms with Gasteiger partial charge in [0, 0.05) is 31.0 Å². The van der Waals surface area contributed by atoms with Crippen LogP contribution in [0.5, 0.6) is 17.2 Å². The molecule has 0 saturated carbocycles. The maximum absolute atomic E-state index is 13.2. The molecule has 34 heavy (non-hydrogen) atoms. The number of amides is 1. The van der Waals surface area contributed by atoms with Gasteiger partial charge < -0.3 is 29.1 Å². The molecular formula is C25H31N3O6. The zero-order valence-corrected chi connectivity index (χ0v) is 20.2. The van der Waals surface area contributed by atoms with E-state index in [0.717, 1.165) is 13.1 Å². The molecule has 0 radical (unpaired) electrons. The lowest BCUT2D eigenvalue weighted by atomic mass is 9.95. The van der Waals surface area contributed by atoms with Crippen molar-refractivity contribution in [3.05, 3.63) is 53.4 Å². The molecule has 0 unspecified atom stereocenters. The summed E-state index contributed by atoms with van der Waals surface area (Å²) in [5.74, 6) is -0.507. The van der Waals surface area contributed by atoms with Crippen LogP contribution in [-0.2, 0) is 9.59 Å². The third-order valence-electron chi connectivity index (χ3n) is 6.05. The summed E-state index contributed by atoms with van der Waals surface area (Å²) in [5, 5.41) is 11.1. The van der Waals surface area contributed by atoms with Crippen molar-refractivity contribution < 1.29 is 28.9 Å². The van der Waals surface area contributed by atoms with Crippen LogP contribution in [0.2, 0.25) is 0 Å². The first-order valence-electron chi connectivity index (χ1n) is 11.1. The summed E-state index contributed by atoms with van der Waals surface area (Å²) >= 11 is 0. The summed E-state index contributed by atoms with van der Waals surface area (Å²) in [6.07, 6.45) is 3.03. The molecule has 2 heterocycles. The van der Waals surface area contributed by atoms with Gasteiger partial charge in [-0.05, 0) is 42.9 Å². The molecule has 9 nitrogen and oxygen atoms in total. The van der Waals surface area contributed by atoms with Gasteiger partial charge in [0.15, 0.2) is 11.5 Å². The lowest BCUT2D eigenvalue weighted by Gasteiger charge is -2.29. The van der Waals surface area contributed by atoms with Crippen LogP contribution in [0.25, 0.3) is 5.76 Å². The van der Waals surface area contributed by atoms with Crippen LogP contribution in [0.3, 0.4) is 0 Å². The molecule has 1 amide bonds. The van der Waals surface area contributed by atoms with Crippen molar-refractivity contribution in [2.24, 2.45) is 0 Å². The SMILES string of the molecule is CCN(CC)CCN1C(=O)C(=O)C(=C(O)c2ccncc2)[C@@H]1c1cc(OC)c(OC)c(OC)c1. The van der Waals surface area contributed by atoms with Gasteiger partial charge in [0.25, 0.3) is 11.7 Å². The first-order chi connectivity index (χ1) is 16.4. The van der Waals surface area contributed by atoms with E-state index in [9.17, 15) is 14.7 Å². The minimum atomic E-state index is -0.836. The number of aliphatic hydroxyl groups is 1. The molecule has 1 aliphatic rings. The van der Waals surface area contributed by atoms with E-state index in [-0.39, 0.29) is 11.3 Å². The Morgan fingerprint density at radius 2 is 1.62 bits per heavy atom. The summed E-state index contributed by atoms with van der Waals surface area (Å²) in [6.45, 7) is 6.59. The summed E-state index contributed by atoms with van der Waals surface area (Å²) in [4.78, 5) is 34.0. The second-order valence-electron chi connectivity index (χ2n) is 7.71. The zero-order chi connectivity index (χ0) is 24.8. The number of carbonyl (C=O) groups is 2. The highest BCUT2D eigenvalue weighted by atomic mass is 16.5. The number of methoxy groups -OCH3 is 3. The minimum absolute atomic E-state index is 0.00465. The number of ether oxygens (including phenoxy) is 3. The molecule has 1 N–H and O–H groups in total. The van der Waals surface area contributed by atoms with Crippen molar-refractivity contribution in [3.63, 3.8) is 0 Å². The molecule has 0 spiro atoms. The number of nitrogens with zero attached hydrogens (tertiary/aromatic N) is 3. The number of benzene rings is 1. The maximum Gasteiger partial charge on any atom is 0.295 e. The lowest BCUT2D eigenvalue weighted by Crippen LogP contribution is -2.38. The van der Waals surface area contributed by atoms with E-state index in [0.29, 0.717) is 41.5 Å². The second kappa shape index (κ2) is 11.0. The third-order valence-corrected chi connectivity index (χ3v) is 6.05. The zero-order valence-electron chi connectivity index (χ0n) is 20.2. The molecular weight excluding hydrogens is 438 g/mol. The number of aliphatic hydroxyl groups excluding tert-OH is 1. The summed E-state index contributed by atoms with van der Waals surface area (Å²) in [7, 11) is 4.49. The lowest BCUT2D eigenvalue weighted by molar-refractivity contribution is -0.140. The number of aromatic nitrogens is 1. The van der Waals surface area contributed by atoms with Crippen molar-refractivity contribution in [1.29, 1.82) is 0 Å². The van der Waals surface area contributed by atoms with E-state index in [2.05, 4.69) is 9.88 Å². The predicted octanol–water partition coefficient (Wildman–Crippen LogP) is 2.87. The Balaban J connectivity index is 2.21. The van der Waals surface area contributed by atoms with Crippen LogP contribution in [0, 0.1) is 0 Å². The van der Waals surface area contributed by atoms with E-state index in [1.165, 1.54) is 38.6 Å². The molecule has 1 saturated heterocycles. The average molecular weight is 470 g/mol. The molecule has 1 aromatic heterocycles. The van der Waals surface area contributed by atoms with Gasteiger partial charge in [0.05, 0.1) is 32.9 Å². The van der Waals surface area contributed by atoms with Crippen LogP contribution < -0.4 is 14.2 Å². The van der Waals surface area contributed by atoms with E-state index < -0.39 is 17.7 Å². The van der Waals surface area contributed by atoms with Gasteiger partial charge >= 0.3 is 0 Å². The number of rotatable bonds is 10. The Morgan fingerprint density at radius 1 is 1.03 bits per heavy atom. The summed E-state index contributed by atoms with van der Waals surface area (Å²) in [5.41, 5.74) is 0.961. The number of likely N-dealkylation sites (N-methyl/N-ethyl adjacent to an activating group) is 1. The number of hydrogen-bond acceptors (Lipinski definition) is 8. The highest BCUT2D eigenvalue weighted by molar-refractivity contribution is 6.46. The molecule has 9 heteroatoms. The molecule has 1 fully saturated rings. The fourth-order valence-electron chi connectivity index (χ4n) is 4.17. The van der Waals surface area contributed by atoms with Crippen molar-refractivity contribution in [1.82, 2.24) is 14.8 Å². The topological polar surface area (TPSA) is 101 Å². The molecule has 0 bridgehead atoms. The average Bonchev–Trinajstić information content (AvgIpc) is 3.13. The highest BCUT2D eigenvalue weighted by Gasteiger charge is 2.46. The molecule has 2 aromatic rings. The normalized spacial score (nSPS) is 17.4. The van der Waals surface area contributed by atoms with Gasteiger partial charge in [0.2, 0.25) is 5.75 Å². The maximum atomic E-state index is 13.2. The van der Waals surface area contributed by atoms with Crippen LogP contribution in [0.15, 0.2) is 42.2 Å². The number of hydrogen-bond donors (Lipinski definition) is 1. The van der Waals surface area contributed by atoms with E-state index >= 15 is 0 Å². The number of pyridine rings is 1. The van der Waals surface area contributed by atoms with Crippen LogP contribution >= 0.6 is 0 Å². The van der Waals surface area contributed by atoms with Gasteiger partial charge in [-0.15, -0.1) is 0 Å². The fraction of sp³-hybridized carbons (Fsp3) is 0.400. The Labute approximate surface area is 199 Å². The van der Waals surface area contributed by atoms with Gasteiger partial charge in [0.1, 0.15) is 5.76 Å². The van der Waals surface area contributed by atoms with Crippen LogP contribution in [0.4, 0.5) is 0 Å². The number of ketones is 1. The Bertz CT molecular complexity index is 1040. The monoisotopic (exact) mass is 469 g/mol. The van der Waals surface area contributed by atoms with E-state index in [4.69, 9.17) is 14.2 Å². The van der Waals surface area contributed by atoms with Gasteiger partial charge in [-0.3, -0.25) is 14.6 Å². The predicted molar refractivity (Wildman–Crippen MR) is 127 cm³/mol. The molecule has 0 aliphatic carbocycles.